The summed E-state index contributed by atoms with van der Waals surface area (Å²) in [7, 11) is 1.70. The lowest BCUT2D eigenvalue weighted by Gasteiger charge is -2.24. The molecule has 0 fully saturated rings. The molecule has 30 heavy (non-hydrogen) atoms. The molecule has 3 aromatic rings. The van der Waals surface area contributed by atoms with Gasteiger partial charge in [-0.2, -0.15) is 0 Å². The number of benzene rings is 2. The van der Waals surface area contributed by atoms with Gasteiger partial charge < -0.3 is 10.1 Å². The minimum atomic E-state index is -0.164. The summed E-state index contributed by atoms with van der Waals surface area (Å²) >= 11 is 12.4. The average molecular weight is 444 g/mol. The molecule has 1 N–H and O–H groups in total. The fraction of sp³-hybridized carbons (Fsp3) is 0.304. The highest BCUT2D eigenvalue weighted by atomic mass is 35.5. The van der Waals surface area contributed by atoms with Gasteiger partial charge in [0.05, 0.1) is 22.9 Å². The Morgan fingerprint density at radius 1 is 1.23 bits per heavy atom. The van der Waals surface area contributed by atoms with Gasteiger partial charge in [0, 0.05) is 30.7 Å². The van der Waals surface area contributed by atoms with Crippen LogP contribution in [0.2, 0.25) is 10.0 Å². The highest BCUT2D eigenvalue weighted by Gasteiger charge is 2.34. The first kappa shape index (κ1) is 20.9. The molecule has 0 radical (unpaired) electrons. The third kappa shape index (κ3) is 3.73. The van der Waals surface area contributed by atoms with E-state index < -0.39 is 0 Å². The van der Waals surface area contributed by atoms with Crippen LogP contribution in [0.25, 0.3) is 11.4 Å². The minimum absolute atomic E-state index is 0.0399. The molecule has 0 spiro atoms. The summed E-state index contributed by atoms with van der Waals surface area (Å²) in [5.41, 5.74) is 3.97. The van der Waals surface area contributed by atoms with Gasteiger partial charge in [0.2, 0.25) is 0 Å². The largest absolute Gasteiger partial charge is 0.376 e. The number of aryl methyl sites for hydroxylation is 1. The lowest BCUT2D eigenvalue weighted by atomic mass is 10.1. The maximum atomic E-state index is 13.3. The Morgan fingerprint density at radius 2 is 2.00 bits per heavy atom. The topological polar surface area (TPSA) is 56.1 Å². The van der Waals surface area contributed by atoms with Gasteiger partial charge in [-0.05, 0) is 43.2 Å². The van der Waals surface area contributed by atoms with Gasteiger partial charge in [-0.3, -0.25) is 9.36 Å². The number of fused-ring (bicyclic) bond motifs is 1. The van der Waals surface area contributed by atoms with E-state index in [1.807, 2.05) is 26.0 Å². The quantitative estimate of drug-likeness (QED) is 0.590. The van der Waals surface area contributed by atoms with Crippen molar-refractivity contribution >= 4 is 28.9 Å². The molecule has 7 heteroatoms. The predicted molar refractivity (Wildman–Crippen MR) is 122 cm³/mol. The normalized spacial score (nSPS) is 17.8. The van der Waals surface area contributed by atoms with Crippen LogP contribution in [0, 0.1) is 6.92 Å². The fourth-order valence-electron chi connectivity index (χ4n) is 4.04. The first-order valence-electron chi connectivity index (χ1n) is 9.89. The zero-order valence-corrected chi connectivity index (χ0v) is 18.6. The summed E-state index contributed by atoms with van der Waals surface area (Å²) in [6, 6.07) is 13.3. The number of nitrogens with zero attached hydrogens (tertiary/aromatic N) is 2. The van der Waals surface area contributed by atoms with Crippen LogP contribution in [0.5, 0.6) is 0 Å². The zero-order chi connectivity index (χ0) is 21.4. The summed E-state index contributed by atoms with van der Waals surface area (Å²) < 4.78 is 7.49. The van der Waals surface area contributed by atoms with E-state index in [4.69, 9.17) is 32.9 Å². The summed E-state index contributed by atoms with van der Waals surface area (Å²) in [6.07, 6.45) is 0.773. The molecule has 2 atom stereocenters. The van der Waals surface area contributed by atoms with Gasteiger partial charge in [0.25, 0.3) is 5.56 Å². The van der Waals surface area contributed by atoms with E-state index in [1.54, 1.807) is 25.2 Å². The first-order chi connectivity index (χ1) is 14.4. The van der Waals surface area contributed by atoms with Crippen LogP contribution in [0.4, 0.5) is 5.69 Å². The third-order valence-corrected chi connectivity index (χ3v) is 6.06. The summed E-state index contributed by atoms with van der Waals surface area (Å²) in [5.74, 6) is 0.498. The molecular formula is C23H23Cl2N3O2. The number of rotatable bonds is 5. The Kier molecular flexibility index (Phi) is 5.87. The second kappa shape index (κ2) is 8.42. The Hall–Kier alpha value is -2.34. The van der Waals surface area contributed by atoms with Crippen LogP contribution in [-0.4, -0.2) is 22.3 Å². The number of halogens is 2. The summed E-state index contributed by atoms with van der Waals surface area (Å²) in [5, 5.41) is 4.42. The molecule has 2 aromatic carbocycles. The number of hydrogen-bond donors (Lipinski definition) is 1. The van der Waals surface area contributed by atoms with E-state index in [9.17, 15) is 4.79 Å². The molecule has 1 aliphatic rings. The van der Waals surface area contributed by atoms with Crippen molar-refractivity contribution in [1.29, 1.82) is 0 Å². The molecule has 0 saturated carbocycles. The SMILES string of the molecule is CCOC1Cc2ccccc2C1Nc1c(C)nc(-c2ccc(Cl)cc2Cl)n(C)c1=O. The zero-order valence-electron chi connectivity index (χ0n) is 17.1. The number of ether oxygens (including phenoxy) is 1. The summed E-state index contributed by atoms with van der Waals surface area (Å²) in [4.78, 5) is 18.0. The van der Waals surface area contributed by atoms with Crippen LogP contribution in [0.1, 0.15) is 29.8 Å². The molecule has 5 nitrogen and oxygen atoms in total. The Bertz CT molecular complexity index is 1160. The monoisotopic (exact) mass is 443 g/mol. The van der Waals surface area contributed by atoms with Crippen molar-refractivity contribution in [1.82, 2.24) is 9.55 Å². The van der Waals surface area contributed by atoms with Gasteiger partial charge >= 0.3 is 0 Å². The van der Waals surface area contributed by atoms with E-state index in [-0.39, 0.29) is 17.7 Å². The predicted octanol–water partition coefficient (Wildman–Crippen LogP) is 5.18. The Labute approximate surface area is 185 Å². The van der Waals surface area contributed by atoms with Crippen LogP contribution >= 0.6 is 23.2 Å². The van der Waals surface area contributed by atoms with Crippen molar-refractivity contribution in [2.75, 3.05) is 11.9 Å². The second-order valence-electron chi connectivity index (χ2n) is 7.40. The van der Waals surface area contributed by atoms with Crippen molar-refractivity contribution in [2.24, 2.45) is 7.05 Å². The molecule has 1 aromatic heterocycles. The van der Waals surface area contributed by atoms with Gasteiger partial charge in [-0.1, -0.05) is 47.5 Å². The van der Waals surface area contributed by atoms with E-state index >= 15 is 0 Å². The fourth-order valence-corrected chi connectivity index (χ4v) is 4.53. The maximum Gasteiger partial charge on any atom is 0.277 e. The molecular weight excluding hydrogens is 421 g/mol. The maximum absolute atomic E-state index is 13.3. The van der Waals surface area contributed by atoms with Gasteiger partial charge in [0.15, 0.2) is 0 Å². The van der Waals surface area contributed by atoms with Crippen molar-refractivity contribution in [3.63, 3.8) is 0 Å². The van der Waals surface area contributed by atoms with Crippen LogP contribution in [0.3, 0.4) is 0 Å². The molecule has 4 rings (SSSR count). The third-order valence-electron chi connectivity index (χ3n) is 5.51. The summed E-state index contributed by atoms with van der Waals surface area (Å²) in [6.45, 7) is 4.42. The van der Waals surface area contributed by atoms with E-state index in [0.717, 1.165) is 12.0 Å². The van der Waals surface area contributed by atoms with Crippen LogP contribution in [-0.2, 0) is 18.2 Å². The van der Waals surface area contributed by atoms with Gasteiger partial charge in [-0.15, -0.1) is 0 Å². The van der Waals surface area contributed by atoms with Gasteiger partial charge in [0.1, 0.15) is 11.5 Å². The highest BCUT2D eigenvalue weighted by molar-refractivity contribution is 6.36. The molecule has 0 aliphatic heterocycles. The molecule has 0 bridgehead atoms. The molecule has 1 heterocycles. The van der Waals surface area contributed by atoms with Crippen molar-refractivity contribution in [3.05, 3.63) is 79.7 Å². The van der Waals surface area contributed by atoms with Crippen molar-refractivity contribution in [3.8, 4) is 11.4 Å². The molecule has 0 amide bonds. The van der Waals surface area contributed by atoms with Crippen LogP contribution < -0.4 is 10.9 Å². The molecule has 1 aliphatic carbocycles. The Morgan fingerprint density at radius 3 is 2.73 bits per heavy atom. The standard InChI is InChI=1S/C23H23Cl2N3O2/c1-4-30-19-11-14-7-5-6-8-16(14)21(19)27-20-13(2)26-22(28(3)23(20)29)17-10-9-15(24)12-18(17)25/h5-10,12,19,21,27H,4,11H2,1-3H3. The first-order valence-corrected chi connectivity index (χ1v) is 10.6. The van der Waals surface area contributed by atoms with Gasteiger partial charge in [-0.25, -0.2) is 4.98 Å². The van der Waals surface area contributed by atoms with Crippen LogP contribution in [0.15, 0.2) is 47.3 Å². The molecule has 156 valence electrons. The van der Waals surface area contributed by atoms with Crippen molar-refractivity contribution in [2.45, 2.75) is 32.4 Å². The number of hydrogen-bond acceptors (Lipinski definition) is 4. The number of aromatic nitrogens is 2. The average Bonchev–Trinajstić information content (AvgIpc) is 3.06. The Balaban J connectivity index is 1.75. The second-order valence-corrected chi connectivity index (χ2v) is 8.25. The van der Waals surface area contributed by atoms with E-state index in [2.05, 4.69) is 17.4 Å². The number of nitrogens with one attached hydrogen (secondary N) is 1. The highest BCUT2D eigenvalue weighted by Crippen LogP contribution is 2.36. The minimum Gasteiger partial charge on any atom is -0.376 e. The lowest BCUT2D eigenvalue weighted by molar-refractivity contribution is 0.0574. The molecule has 0 saturated heterocycles. The number of anilines is 1. The van der Waals surface area contributed by atoms with E-state index in [0.29, 0.717) is 39.4 Å². The molecule has 2 unspecified atom stereocenters. The lowest BCUT2D eigenvalue weighted by Crippen LogP contribution is -2.31. The van der Waals surface area contributed by atoms with E-state index in [1.165, 1.54) is 10.1 Å². The van der Waals surface area contributed by atoms with Crippen molar-refractivity contribution < 1.29 is 4.74 Å². The smallest absolute Gasteiger partial charge is 0.277 e.